The number of aromatic nitrogens is 3. The molecule has 0 amide bonds. The first-order valence-corrected chi connectivity index (χ1v) is 13.5. The van der Waals surface area contributed by atoms with Crippen LogP contribution < -0.4 is 5.56 Å². The molecule has 0 saturated carbocycles. The Bertz CT molecular complexity index is 1950. The second kappa shape index (κ2) is 10.8. The van der Waals surface area contributed by atoms with Gasteiger partial charge >= 0.3 is 0 Å². The number of hydrogen-bond donors (Lipinski definition) is 1. The molecule has 0 spiro atoms. The fourth-order valence-corrected chi connectivity index (χ4v) is 5.21. The molecule has 2 aromatic heterocycles. The van der Waals surface area contributed by atoms with Crippen LogP contribution in [-0.4, -0.2) is 20.5 Å². The van der Waals surface area contributed by atoms with Crippen LogP contribution in [-0.2, 0) is 13.0 Å². The number of fused-ring (bicyclic) bond motifs is 2. The minimum absolute atomic E-state index is 0.132. The van der Waals surface area contributed by atoms with Crippen LogP contribution in [0.3, 0.4) is 0 Å². The molecule has 0 radical (unpaired) electrons. The van der Waals surface area contributed by atoms with Crippen molar-refractivity contribution in [3.63, 3.8) is 0 Å². The second-order valence-electron chi connectivity index (χ2n) is 9.74. The topological polar surface area (TPSA) is 67.8 Å². The van der Waals surface area contributed by atoms with Gasteiger partial charge in [-0.2, -0.15) is 5.10 Å². The zero-order valence-corrected chi connectivity index (χ0v) is 22.7. The van der Waals surface area contributed by atoms with E-state index >= 15 is 0 Å². The first kappa shape index (κ1) is 25.5. The van der Waals surface area contributed by atoms with Crippen molar-refractivity contribution in [3.8, 4) is 11.1 Å². The maximum absolute atomic E-state index is 13.5. The van der Waals surface area contributed by atoms with Gasteiger partial charge in [0.25, 0.3) is 5.56 Å². The third-order valence-corrected chi connectivity index (χ3v) is 7.34. The Balaban J connectivity index is 1.31. The normalized spacial score (nSPS) is 11.6. The van der Waals surface area contributed by atoms with E-state index in [-0.39, 0.29) is 11.3 Å². The minimum Gasteiger partial charge on any atom is -0.321 e. The maximum atomic E-state index is 13.5. The van der Waals surface area contributed by atoms with Crippen LogP contribution >= 0.6 is 11.6 Å². The van der Waals surface area contributed by atoms with Crippen LogP contribution in [0.25, 0.3) is 39.0 Å². The summed E-state index contributed by atoms with van der Waals surface area (Å²) in [7, 11) is 0. The molecular weight excluding hydrogens is 518 g/mol. The number of nitrogens with zero attached hydrogens (tertiary/aromatic N) is 2. The number of rotatable bonds is 7. The van der Waals surface area contributed by atoms with E-state index in [1.807, 2.05) is 65.3 Å². The molecule has 0 aliphatic rings. The number of pyridine rings is 1. The number of carbonyl (C=O) groups is 1. The molecule has 0 atom stereocenters. The van der Waals surface area contributed by atoms with Gasteiger partial charge in [-0.25, -0.2) is 0 Å². The van der Waals surface area contributed by atoms with Crippen LogP contribution in [0.1, 0.15) is 34.0 Å². The molecule has 0 unspecified atom stereocenters. The van der Waals surface area contributed by atoms with Crippen molar-refractivity contribution in [3.05, 3.63) is 141 Å². The van der Waals surface area contributed by atoms with Gasteiger partial charge in [-0.1, -0.05) is 78.3 Å². The Morgan fingerprint density at radius 2 is 1.73 bits per heavy atom. The first-order chi connectivity index (χ1) is 19.5. The molecule has 0 fully saturated rings. The van der Waals surface area contributed by atoms with Gasteiger partial charge in [-0.3, -0.25) is 14.3 Å². The highest BCUT2D eigenvalue weighted by Gasteiger charge is 2.18. The molecule has 5 nitrogen and oxygen atoms in total. The highest BCUT2D eigenvalue weighted by atomic mass is 35.5. The summed E-state index contributed by atoms with van der Waals surface area (Å²) in [6, 6.07) is 29.3. The van der Waals surface area contributed by atoms with E-state index in [9.17, 15) is 9.59 Å². The van der Waals surface area contributed by atoms with E-state index in [2.05, 4.69) is 35.3 Å². The van der Waals surface area contributed by atoms with Gasteiger partial charge in [-0.15, -0.1) is 0 Å². The van der Waals surface area contributed by atoms with Crippen molar-refractivity contribution >= 4 is 45.3 Å². The smallest absolute Gasteiger partial charge is 0.259 e. The van der Waals surface area contributed by atoms with Crippen molar-refractivity contribution in [1.82, 2.24) is 14.8 Å². The predicted molar refractivity (Wildman–Crippen MR) is 163 cm³/mol. The summed E-state index contributed by atoms with van der Waals surface area (Å²) < 4.78 is 1.93. The van der Waals surface area contributed by atoms with E-state index in [1.165, 1.54) is 6.08 Å². The monoisotopic (exact) mass is 543 g/mol. The van der Waals surface area contributed by atoms with E-state index in [0.717, 1.165) is 45.1 Å². The summed E-state index contributed by atoms with van der Waals surface area (Å²) in [5.41, 5.74) is 6.05. The Morgan fingerprint density at radius 3 is 2.50 bits per heavy atom. The van der Waals surface area contributed by atoms with Gasteiger partial charge in [0.1, 0.15) is 0 Å². The molecule has 1 N–H and O–H groups in total. The van der Waals surface area contributed by atoms with Gasteiger partial charge in [-0.05, 0) is 77.6 Å². The molecule has 0 aliphatic heterocycles. The summed E-state index contributed by atoms with van der Waals surface area (Å²) >= 11 is 6.30. The molecule has 2 heterocycles. The number of halogens is 1. The van der Waals surface area contributed by atoms with Crippen molar-refractivity contribution in [2.75, 3.05) is 0 Å². The quantitative estimate of drug-likeness (QED) is 0.166. The summed E-state index contributed by atoms with van der Waals surface area (Å²) in [6.45, 7) is 2.90. The molecule has 40 heavy (non-hydrogen) atoms. The lowest BCUT2D eigenvalue weighted by molar-refractivity contribution is 0.104. The average molecular weight is 544 g/mol. The fourth-order valence-electron chi connectivity index (χ4n) is 5.04. The highest BCUT2D eigenvalue weighted by Crippen LogP contribution is 2.27. The average Bonchev–Trinajstić information content (AvgIpc) is 3.40. The molecule has 6 rings (SSSR count). The number of aryl methyl sites for hydroxylation is 1. The van der Waals surface area contributed by atoms with Crippen LogP contribution in [0.5, 0.6) is 0 Å². The number of H-pyrrole nitrogens is 1. The number of aromatic amines is 1. The van der Waals surface area contributed by atoms with Gasteiger partial charge in [0.15, 0.2) is 5.78 Å². The van der Waals surface area contributed by atoms with Crippen molar-refractivity contribution < 1.29 is 4.79 Å². The Hall–Kier alpha value is -4.74. The predicted octanol–water partition coefficient (Wildman–Crippen LogP) is 7.71. The summed E-state index contributed by atoms with van der Waals surface area (Å²) in [4.78, 5) is 29.5. The molecule has 6 heteroatoms. The van der Waals surface area contributed by atoms with Crippen LogP contribution in [0.2, 0.25) is 5.02 Å². The number of allylic oxidation sites excluding steroid dienone is 1. The third kappa shape index (κ3) is 5.12. The van der Waals surface area contributed by atoms with E-state index in [0.29, 0.717) is 22.5 Å². The highest BCUT2D eigenvalue weighted by molar-refractivity contribution is 6.31. The number of ketones is 1. The summed E-state index contributed by atoms with van der Waals surface area (Å²) in [5.74, 6) is -0.350. The first-order valence-electron chi connectivity index (χ1n) is 13.2. The van der Waals surface area contributed by atoms with Crippen molar-refractivity contribution in [2.45, 2.75) is 19.9 Å². The van der Waals surface area contributed by atoms with Crippen LogP contribution in [0.4, 0.5) is 0 Å². The number of benzene rings is 4. The van der Waals surface area contributed by atoms with Crippen molar-refractivity contribution in [2.24, 2.45) is 0 Å². The van der Waals surface area contributed by atoms with E-state index < -0.39 is 5.56 Å². The van der Waals surface area contributed by atoms with Crippen molar-refractivity contribution in [1.29, 1.82) is 0 Å². The van der Waals surface area contributed by atoms with Gasteiger partial charge in [0.05, 0.1) is 11.1 Å². The summed E-state index contributed by atoms with van der Waals surface area (Å²) in [6.07, 6.45) is 5.70. The SMILES string of the molecule is CCn1cc2cc(-c3ccc(/C=C/C(=O)c4c(Cc5ccccc5)c5cc(Cl)ccc5[nH]c4=O)cc3)ccc2n1. The molecule has 4 aromatic carbocycles. The zero-order chi connectivity index (χ0) is 27.6. The lowest BCUT2D eigenvalue weighted by atomic mass is 9.94. The minimum atomic E-state index is -0.410. The Morgan fingerprint density at radius 1 is 0.950 bits per heavy atom. The van der Waals surface area contributed by atoms with E-state index in [1.54, 1.807) is 24.3 Å². The van der Waals surface area contributed by atoms with Gasteiger partial charge in [0.2, 0.25) is 0 Å². The fraction of sp³-hybridized carbons (Fsp3) is 0.0882. The third-order valence-electron chi connectivity index (χ3n) is 7.10. The zero-order valence-electron chi connectivity index (χ0n) is 21.9. The second-order valence-corrected chi connectivity index (χ2v) is 10.2. The molecular formula is C34H26ClN3O2. The molecule has 0 bridgehead atoms. The van der Waals surface area contributed by atoms with Crippen LogP contribution in [0, 0.1) is 0 Å². The maximum Gasteiger partial charge on any atom is 0.259 e. The van der Waals surface area contributed by atoms with Gasteiger partial charge in [0, 0.05) is 34.1 Å². The standard InChI is InChI=1S/C34H26ClN3O2/c1-2-38-21-26-19-25(13-15-30(26)37-38)24-11-8-22(9-12-24)10-17-32(39)33-29(18-23-6-4-3-5-7-23)28-20-27(35)14-16-31(28)36-34(33)40/h3-17,19-21H,2,18H2,1H3,(H,36,40)/b17-10+. The molecule has 0 aliphatic carbocycles. The van der Waals surface area contributed by atoms with Gasteiger partial charge < -0.3 is 4.98 Å². The van der Waals surface area contributed by atoms with Crippen LogP contribution in [0.15, 0.2) is 108 Å². The van der Waals surface area contributed by atoms with E-state index in [4.69, 9.17) is 11.6 Å². The lowest BCUT2D eigenvalue weighted by Gasteiger charge is -2.12. The number of carbonyl (C=O) groups excluding carboxylic acids is 1. The molecule has 0 saturated heterocycles. The Kier molecular flexibility index (Phi) is 6.89. The largest absolute Gasteiger partial charge is 0.321 e. The Labute approximate surface area is 236 Å². The number of nitrogens with one attached hydrogen (secondary N) is 1. The summed E-state index contributed by atoms with van der Waals surface area (Å²) in [5, 5.41) is 6.95. The number of hydrogen-bond acceptors (Lipinski definition) is 3. The molecule has 6 aromatic rings. The lowest BCUT2D eigenvalue weighted by Crippen LogP contribution is -2.20. The molecule has 196 valence electrons.